The summed E-state index contributed by atoms with van der Waals surface area (Å²) in [5.41, 5.74) is 1.89. The van der Waals surface area contributed by atoms with Gasteiger partial charge in [0.15, 0.2) is 5.78 Å². The van der Waals surface area contributed by atoms with Crippen LogP contribution in [0.15, 0.2) is 36.9 Å². The van der Waals surface area contributed by atoms with Crippen molar-refractivity contribution >= 4 is 5.78 Å². The number of likely N-dealkylation sites (N-methyl/N-ethyl adjacent to an activating group) is 1. The molecule has 1 aliphatic heterocycles. The zero-order valence-electron chi connectivity index (χ0n) is 10.9. The van der Waals surface area contributed by atoms with Gasteiger partial charge in [0, 0.05) is 38.3 Å². The Hall–Kier alpha value is -1.45. The van der Waals surface area contributed by atoms with Crippen LogP contribution in [0.2, 0.25) is 0 Å². The fourth-order valence-corrected chi connectivity index (χ4v) is 2.26. The maximum Gasteiger partial charge on any atom is 0.185 e. The molecule has 1 aromatic carbocycles. The number of carbonyl (C=O) groups is 1. The summed E-state index contributed by atoms with van der Waals surface area (Å²) >= 11 is 0. The molecule has 0 bridgehead atoms. The average Bonchev–Trinajstić information content (AvgIpc) is 2.41. The number of benzene rings is 1. The molecule has 0 N–H and O–H groups in total. The quantitative estimate of drug-likeness (QED) is 0.596. The summed E-state index contributed by atoms with van der Waals surface area (Å²) in [6, 6.07) is 7.82. The van der Waals surface area contributed by atoms with Gasteiger partial charge < -0.3 is 4.90 Å². The first-order valence-electron chi connectivity index (χ1n) is 6.36. The van der Waals surface area contributed by atoms with Crippen molar-refractivity contribution in [2.75, 3.05) is 33.2 Å². The second kappa shape index (κ2) is 5.94. The predicted molar refractivity (Wildman–Crippen MR) is 73.7 cm³/mol. The Morgan fingerprint density at radius 3 is 2.61 bits per heavy atom. The van der Waals surface area contributed by atoms with Gasteiger partial charge in [-0.3, -0.25) is 9.69 Å². The number of rotatable bonds is 4. The minimum atomic E-state index is 0.0136. The summed E-state index contributed by atoms with van der Waals surface area (Å²) in [6.45, 7) is 8.73. The lowest BCUT2D eigenvalue weighted by atomic mass is 10.0. The first-order chi connectivity index (χ1) is 8.70. The SMILES string of the molecule is C=CC(=O)c1ccccc1CN1CCN(C)CC1. The number of hydrogen-bond donors (Lipinski definition) is 0. The highest BCUT2D eigenvalue weighted by molar-refractivity contribution is 6.05. The molecule has 0 atom stereocenters. The van der Waals surface area contributed by atoms with Gasteiger partial charge in [0.05, 0.1) is 0 Å². The molecule has 96 valence electrons. The Labute approximate surface area is 109 Å². The lowest BCUT2D eigenvalue weighted by Crippen LogP contribution is -2.44. The second-order valence-electron chi connectivity index (χ2n) is 4.80. The van der Waals surface area contributed by atoms with Crippen LogP contribution in [0.3, 0.4) is 0 Å². The number of allylic oxidation sites excluding steroid dienone is 1. The molecule has 1 aromatic rings. The lowest BCUT2D eigenvalue weighted by molar-refractivity contribution is 0.104. The van der Waals surface area contributed by atoms with Gasteiger partial charge in [-0.25, -0.2) is 0 Å². The summed E-state index contributed by atoms with van der Waals surface area (Å²) in [5.74, 6) is 0.0136. The smallest absolute Gasteiger partial charge is 0.185 e. The van der Waals surface area contributed by atoms with Gasteiger partial charge in [0.1, 0.15) is 0 Å². The maximum absolute atomic E-state index is 11.8. The van der Waals surface area contributed by atoms with Gasteiger partial charge in [0.2, 0.25) is 0 Å². The molecule has 0 aliphatic carbocycles. The van der Waals surface area contributed by atoms with Crippen molar-refractivity contribution < 1.29 is 4.79 Å². The molecule has 1 fully saturated rings. The van der Waals surface area contributed by atoms with Crippen LogP contribution < -0.4 is 0 Å². The summed E-state index contributed by atoms with van der Waals surface area (Å²) in [4.78, 5) is 16.5. The van der Waals surface area contributed by atoms with Crippen molar-refractivity contribution in [3.05, 3.63) is 48.0 Å². The van der Waals surface area contributed by atoms with E-state index in [9.17, 15) is 4.79 Å². The second-order valence-corrected chi connectivity index (χ2v) is 4.80. The van der Waals surface area contributed by atoms with Crippen LogP contribution in [0, 0.1) is 0 Å². The van der Waals surface area contributed by atoms with E-state index in [1.54, 1.807) is 0 Å². The van der Waals surface area contributed by atoms with Gasteiger partial charge >= 0.3 is 0 Å². The Morgan fingerprint density at radius 2 is 1.94 bits per heavy atom. The van der Waals surface area contributed by atoms with E-state index in [0.29, 0.717) is 0 Å². The van der Waals surface area contributed by atoms with E-state index in [-0.39, 0.29) is 5.78 Å². The zero-order chi connectivity index (χ0) is 13.0. The third-order valence-corrected chi connectivity index (χ3v) is 3.46. The van der Waals surface area contributed by atoms with Crippen LogP contribution in [0.4, 0.5) is 0 Å². The number of ketones is 1. The molecule has 1 heterocycles. The fourth-order valence-electron chi connectivity index (χ4n) is 2.26. The van der Waals surface area contributed by atoms with Crippen molar-refractivity contribution in [2.24, 2.45) is 0 Å². The summed E-state index contributed by atoms with van der Waals surface area (Å²) in [7, 11) is 2.15. The molecule has 1 aliphatic rings. The molecule has 0 spiro atoms. The fraction of sp³-hybridized carbons (Fsp3) is 0.400. The Bertz CT molecular complexity index is 434. The molecule has 0 aromatic heterocycles. The third-order valence-electron chi connectivity index (χ3n) is 3.46. The molecule has 2 rings (SSSR count). The van der Waals surface area contributed by atoms with Crippen LogP contribution >= 0.6 is 0 Å². The lowest BCUT2D eigenvalue weighted by Gasteiger charge is -2.32. The van der Waals surface area contributed by atoms with E-state index in [4.69, 9.17) is 0 Å². The molecule has 0 unspecified atom stereocenters. The summed E-state index contributed by atoms with van der Waals surface area (Å²) < 4.78 is 0. The molecular formula is C15H20N2O. The van der Waals surface area contributed by atoms with Gasteiger partial charge in [-0.2, -0.15) is 0 Å². The molecule has 1 saturated heterocycles. The first kappa shape index (κ1) is 13.0. The van der Waals surface area contributed by atoms with Crippen molar-refractivity contribution in [3.8, 4) is 0 Å². The van der Waals surface area contributed by atoms with E-state index in [1.165, 1.54) is 6.08 Å². The maximum atomic E-state index is 11.8. The molecule has 0 amide bonds. The predicted octanol–water partition coefficient (Wildman–Crippen LogP) is 1.80. The van der Waals surface area contributed by atoms with E-state index < -0.39 is 0 Å². The van der Waals surface area contributed by atoms with Crippen LogP contribution in [-0.2, 0) is 6.54 Å². The summed E-state index contributed by atoms with van der Waals surface area (Å²) in [6.07, 6.45) is 1.39. The highest BCUT2D eigenvalue weighted by atomic mass is 16.1. The van der Waals surface area contributed by atoms with E-state index in [1.807, 2.05) is 24.3 Å². The number of piperazine rings is 1. The van der Waals surface area contributed by atoms with Crippen molar-refractivity contribution in [1.29, 1.82) is 0 Å². The first-order valence-corrected chi connectivity index (χ1v) is 6.36. The molecule has 0 saturated carbocycles. The molecule has 3 nitrogen and oxygen atoms in total. The molecule has 3 heteroatoms. The van der Waals surface area contributed by atoms with Crippen molar-refractivity contribution in [3.63, 3.8) is 0 Å². The number of carbonyl (C=O) groups excluding carboxylic acids is 1. The van der Waals surface area contributed by atoms with Crippen LogP contribution in [-0.4, -0.2) is 48.8 Å². The van der Waals surface area contributed by atoms with Crippen LogP contribution in [0.25, 0.3) is 0 Å². The van der Waals surface area contributed by atoms with Crippen LogP contribution in [0.5, 0.6) is 0 Å². The molecule has 18 heavy (non-hydrogen) atoms. The molecule has 0 radical (unpaired) electrons. The van der Waals surface area contributed by atoms with E-state index in [0.717, 1.165) is 43.9 Å². The van der Waals surface area contributed by atoms with Crippen LogP contribution in [0.1, 0.15) is 15.9 Å². The Morgan fingerprint density at radius 1 is 1.28 bits per heavy atom. The minimum Gasteiger partial charge on any atom is -0.304 e. The van der Waals surface area contributed by atoms with Gasteiger partial charge in [-0.1, -0.05) is 30.8 Å². The highest BCUT2D eigenvalue weighted by Crippen LogP contribution is 2.14. The number of nitrogens with zero attached hydrogens (tertiary/aromatic N) is 2. The zero-order valence-corrected chi connectivity index (χ0v) is 10.9. The van der Waals surface area contributed by atoms with Crippen molar-refractivity contribution in [2.45, 2.75) is 6.54 Å². The van der Waals surface area contributed by atoms with Gasteiger partial charge in [-0.15, -0.1) is 0 Å². The standard InChI is InChI=1S/C15H20N2O/c1-3-15(18)14-7-5-4-6-13(14)12-17-10-8-16(2)9-11-17/h3-7H,1,8-12H2,2H3. The highest BCUT2D eigenvalue weighted by Gasteiger charge is 2.16. The van der Waals surface area contributed by atoms with E-state index >= 15 is 0 Å². The summed E-state index contributed by atoms with van der Waals surface area (Å²) in [5, 5.41) is 0. The third kappa shape index (κ3) is 3.06. The van der Waals surface area contributed by atoms with Gasteiger partial charge in [0.25, 0.3) is 0 Å². The van der Waals surface area contributed by atoms with E-state index in [2.05, 4.69) is 23.4 Å². The largest absolute Gasteiger partial charge is 0.304 e. The number of hydrogen-bond acceptors (Lipinski definition) is 3. The topological polar surface area (TPSA) is 23.6 Å². The minimum absolute atomic E-state index is 0.0136. The average molecular weight is 244 g/mol. The Kier molecular flexibility index (Phi) is 4.28. The molecular weight excluding hydrogens is 224 g/mol. The normalized spacial score (nSPS) is 17.6. The Balaban J connectivity index is 2.09. The van der Waals surface area contributed by atoms with Gasteiger partial charge in [-0.05, 0) is 18.7 Å². The van der Waals surface area contributed by atoms with Crippen molar-refractivity contribution in [1.82, 2.24) is 9.80 Å². The monoisotopic (exact) mass is 244 g/mol.